The van der Waals surface area contributed by atoms with Crippen molar-refractivity contribution in [2.24, 2.45) is 0 Å². The quantitative estimate of drug-likeness (QED) is 0.587. The van der Waals surface area contributed by atoms with Crippen molar-refractivity contribution in [2.75, 3.05) is 20.3 Å². The van der Waals surface area contributed by atoms with E-state index in [2.05, 4.69) is 0 Å². The number of carbonyl (C=O) groups excluding carboxylic acids is 1. The Labute approximate surface area is 106 Å². The molecule has 0 amide bonds. The summed E-state index contributed by atoms with van der Waals surface area (Å²) in [5, 5.41) is 0. The van der Waals surface area contributed by atoms with Crippen molar-refractivity contribution >= 4 is 5.97 Å². The van der Waals surface area contributed by atoms with Crippen LogP contribution in [0.3, 0.4) is 0 Å². The summed E-state index contributed by atoms with van der Waals surface area (Å²) in [4.78, 5) is 11.9. The van der Waals surface area contributed by atoms with Crippen molar-refractivity contribution in [2.45, 2.75) is 24.4 Å². The van der Waals surface area contributed by atoms with Gasteiger partial charge in [-0.1, -0.05) is 18.2 Å². The topological polar surface area (TPSA) is 48.1 Å². The largest absolute Gasteiger partial charge is 0.490 e. The van der Waals surface area contributed by atoms with Crippen LogP contribution >= 0.6 is 0 Å². The van der Waals surface area contributed by atoms with Gasteiger partial charge in [0.2, 0.25) is 0 Å². The summed E-state index contributed by atoms with van der Waals surface area (Å²) in [6, 6.07) is 7.70. The molecule has 96 valence electrons. The molecule has 2 aliphatic rings. The molecule has 3 rings (SSSR count). The highest BCUT2D eigenvalue weighted by molar-refractivity contribution is 5.87. The fraction of sp³-hybridized carbons (Fsp3) is 0.500. The van der Waals surface area contributed by atoms with Gasteiger partial charge in [0.1, 0.15) is 18.5 Å². The van der Waals surface area contributed by atoms with E-state index >= 15 is 0 Å². The van der Waals surface area contributed by atoms with Gasteiger partial charge in [0, 0.05) is 5.56 Å². The van der Waals surface area contributed by atoms with Crippen LogP contribution in [0.5, 0.6) is 5.75 Å². The minimum atomic E-state index is -0.476. The molecule has 1 aromatic rings. The number of methoxy groups -OCH3 is 1. The van der Waals surface area contributed by atoms with E-state index in [1.807, 2.05) is 24.3 Å². The van der Waals surface area contributed by atoms with Gasteiger partial charge < -0.3 is 14.2 Å². The van der Waals surface area contributed by atoms with Gasteiger partial charge in [-0.3, -0.25) is 4.79 Å². The van der Waals surface area contributed by atoms with E-state index < -0.39 is 5.41 Å². The first kappa shape index (κ1) is 11.5. The highest BCUT2D eigenvalue weighted by Crippen LogP contribution is 2.52. The average Bonchev–Trinajstić information content (AvgIpc) is 3.29. The number of carbonyl (C=O) groups is 1. The molecule has 0 bridgehead atoms. The molecule has 0 aromatic heterocycles. The Hall–Kier alpha value is -1.55. The SMILES string of the molecule is COC(=O)C1(c2ccccc2OC[C@@H]2CO2)CC1. The zero-order chi connectivity index (χ0) is 12.6. The molecule has 1 aromatic carbocycles. The third-order valence-electron chi connectivity index (χ3n) is 3.56. The Balaban J connectivity index is 1.84. The second kappa shape index (κ2) is 4.28. The predicted octanol–water partition coefficient (Wildman–Crippen LogP) is 1.67. The summed E-state index contributed by atoms with van der Waals surface area (Å²) in [6.45, 7) is 1.32. The van der Waals surface area contributed by atoms with Gasteiger partial charge in [0.05, 0.1) is 19.1 Å². The van der Waals surface area contributed by atoms with Gasteiger partial charge in [-0.05, 0) is 18.9 Å². The Bertz CT molecular complexity index is 461. The van der Waals surface area contributed by atoms with Crippen LogP contribution in [0.4, 0.5) is 0 Å². The summed E-state index contributed by atoms with van der Waals surface area (Å²) >= 11 is 0. The highest BCUT2D eigenvalue weighted by Gasteiger charge is 2.54. The molecule has 2 fully saturated rings. The van der Waals surface area contributed by atoms with Crippen LogP contribution in [0.1, 0.15) is 18.4 Å². The zero-order valence-corrected chi connectivity index (χ0v) is 10.3. The molecular formula is C14H16O4. The predicted molar refractivity (Wildman–Crippen MR) is 64.6 cm³/mol. The lowest BCUT2D eigenvalue weighted by molar-refractivity contribution is -0.143. The van der Waals surface area contributed by atoms with Crippen molar-refractivity contribution in [3.05, 3.63) is 29.8 Å². The summed E-state index contributed by atoms with van der Waals surface area (Å²) in [5.74, 6) is 0.608. The number of esters is 1. The normalized spacial score (nSPS) is 23.3. The fourth-order valence-corrected chi connectivity index (χ4v) is 2.24. The summed E-state index contributed by atoms with van der Waals surface area (Å²) in [5.41, 5.74) is 0.466. The monoisotopic (exact) mass is 248 g/mol. The number of benzene rings is 1. The third kappa shape index (κ3) is 1.97. The van der Waals surface area contributed by atoms with Crippen molar-refractivity contribution in [1.29, 1.82) is 0 Å². The Morgan fingerprint density at radius 3 is 2.78 bits per heavy atom. The standard InChI is InChI=1S/C14H16O4/c1-16-13(15)14(6-7-14)11-4-2-3-5-12(11)18-9-10-8-17-10/h2-5,10H,6-9H2,1H3/t10-/m0/s1. The second-order valence-corrected chi connectivity index (χ2v) is 4.84. The molecular weight excluding hydrogens is 232 g/mol. The first-order valence-corrected chi connectivity index (χ1v) is 6.18. The first-order valence-electron chi connectivity index (χ1n) is 6.18. The summed E-state index contributed by atoms with van der Waals surface area (Å²) < 4.78 is 15.8. The van der Waals surface area contributed by atoms with Crippen LogP contribution in [-0.2, 0) is 19.7 Å². The number of epoxide rings is 1. The van der Waals surface area contributed by atoms with Crippen LogP contribution < -0.4 is 4.74 Å². The summed E-state index contributed by atoms with van der Waals surface area (Å²) in [6.07, 6.45) is 1.88. The number of hydrogen-bond donors (Lipinski definition) is 0. The molecule has 1 saturated carbocycles. The van der Waals surface area contributed by atoms with Crippen LogP contribution in [0.25, 0.3) is 0 Å². The minimum absolute atomic E-state index is 0.166. The molecule has 0 spiro atoms. The fourth-order valence-electron chi connectivity index (χ4n) is 2.24. The molecule has 18 heavy (non-hydrogen) atoms. The van der Waals surface area contributed by atoms with Crippen LogP contribution in [0.15, 0.2) is 24.3 Å². The van der Waals surface area contributed by atoms with Crippen LogP contribution in [-0.4, -0.2) is 32.4 Å². The molecule has 0 radical (unpaired) electrons. The van der Waals surface area contributed by atoms with Crippen molar-refractivity contribution in [1.82, 2.24) is 0 Å². The molecule has 4 nitrogen and oxygen atoms in total. The maximum atomic E-state index is 11.9. The maximum absolute atomic E-state index is 11.9. The van der Waals surface area contributed by atoms with E-state index in [9.17, 15) is 4.79 Å². The molecule has 1 aliphatic heterocycles. The van der Waals surface area contributed by atoms with E-state index in [4.69, 9.17) is 14.2 Å². The van der Waals surface area contributed by atoms with E-state index in [1.165, 1.54) is 7.11 Å². The molecule has 1 heterocycles. The lowest BCUT2D eigenvalue weighted by atomic mass is 9.95. The van der Waals surface area contributed by atoms with E-state index in [0.717, 1.165) is 30.8 Å². The van der Waals surface area contributed by atoms with Crippen LogP contribution in [0.2, 0.25) is 0 Å². The number of hydrogen-bond acceptors (Lipinski definition) is 4. The Morgan fingerprint density at radius 1 is 1.44 bits per heavy atom. The number of rotatable bonds is 5. The van der Waals surface area contributed by atoms with Crippen molar-refractivity contribution in [3.8, 4) is 5.75 Å². The minimum Gasteiger partial charge on any atom is -0.490 e. The van der Waals surface area contributed by atoms with Gasteiger partial charge in [0.25, 0.3) is 0 Å². The number of para-hydroxylation sites is 1. The van der Waals surface area contributed by atoms with Gasteiger partial charge in [-0.25, -0.2) is 0 Å². The van der Waals surface area contributed by atoms with E-state index in [-0.39, 0.29) is 12.1 Å². The Morgan fingerprint density at radius 2 is 2.17 bits per heavy atom. The third-order valence-corrected chi connectivity index (χ3v) is 3.56. The van der Waals surface area contributed by atoms with E-state index in [0.29, 0.717) is 6.61 Å². The molecule has 4 heteroatoms. The first-order chi connectivity index (χ1) is 8.76. The highest BCUT2D eigenvalue weighted by atomic mass is 16.6. The maximum Gasteiger partial charge on any atom is 0.316 e. The van der Waals surface area contributed by atoms with Gasteiger partial charge in [-0.15, -0.1) is 0 Å². The van der Waals surface area contributed by atoms with Gasteiger partial charge in [0.15, 0.2) is 0 Å². The molecule has 1 saturated heterocycles. The average molecular weight is 248 g/mol. The lowest BCUT2D eigenvalue weighted by Crippen LogP contribution is -2.23. The molecule has 1 atom stereocenters. The smallest absolute Gasteiger partial charge is 0.316 e. The van der Waals surface area contributed by atoms with Crippen LogP contribution in [0, 0.1) is 0 Å². The Kier molecular flexibility index (Phi) is 2.74. The zero-order valence-electron chi connectivity index (χ0n) is 10.3. The second-order valence-electron chi connectivity index (χ2n) is 4.84. The van der Waals surface area contributed by atoms with Gasteiger partial charge >= 0.3 is 5.97 Å². The molecule has 0 N–H and O–H groups in total. The number of ether oxygens (including phenoxy) is 3. The molecule has 0 unspecified atom stereocenters. The lowest BCUT2D eigenvalue weighted by Gasteiger charge is -2.17. The van der Waals surface area contributed by atoms with Gasteiger partial charge in [-0.2, -0.15) is 0 Å². The molecule has 1 aliphatic carbocycles. The van der Waals surface area contributed by atoms with Crippen molar-refractivity contribution in [3.63, 3.8) is 0 Å². The van der Waals surface area contributed by atoms with E-state index in [1.54, 1.807) is 0 Å². The van der Waals surface area contributed by atoms with Crippen molar-refractivity contribution < 1.29 is 19.0 Å². The summed E-state index contributed by atoms with van der Waals surface area (Å²) in [7, 11) is 1.43.